The number of hydrogen-bond acceptors (Lipinski definition) is 4. The lowest BCUT2D eigenvalue weighted by Gasteiger charge is -2.17. The summed E-state index contributed by atoms with van der Waals surface area (Å²) in [4.78, 5) is 24.7. The van der Waals surface area contributed by atoms with Gasteiger partial charge in [0.1, 0.15) is 0 Å². The molecule has 4 rings (SSSR count). The Balaban J connectivity index is 1.94. The molecule has 4 aromatic rings. The van der Waals surface area contributed by atoms with E-state index in [1.807, 2.05) is 54.6 Å². The van der Waals surface area contributed by atoms with Crippen molar-refractivity contribution in [2.75, 3.05) is 14.2 Å². The summed E-state index contributed by atoms with van der Waals surface area (Å²) in [5.41, 5.74) is 6.36. The van der Waals surface area contributed by atoms with Crippen molar-refractivity contribution in [2.24, 2.45) is 0 Å². The fourth-order valence-corrected chi connectivity index (χ4v) is 3.84. The molecule has 4 aromatic carbocycles. The maximum Gasteiger partial charge on any atom is 0.338 e. The van der Waals surface area contributed by atoms with E-state index in [4.69, 9.17) is 9.47 Å². The molecular formula is C28H22O4. The largest absolute Gasteiger partial charge is 0.465 e. The highest BCUT2D eigenvalue weighted by molar-refractivity contribution is 6.03. The molecule has 0 saturated carbocycles. The van der Waals surface area contributed by atoms with Gasteiger partial charge in [-0.1, -0.05) is 84.9 Å². The molecule has 0 atom stereocenters. The second-order valence-electron chi connectivity index (χ2n) is 7.20. The highest BCUT2D eigenvalue weighted by Crippen LogP contribution is 2.39. The van der Waals surface area contributed by atoms with E-state index in [2.05, 4.69) is 24.3 Å². The van der Waals surface area contributed by atoms with E-state index in [0.717, 1.165) is 27.8 Å². The number of hydrogen-bond donors (Lipinski definition) is 0. The van der Waals surface area contributed by atoms with Crippen molar-refractivity contribution in [3.8, 4) is 33.4 Å². The number of carbonyl (C=O) groups is 2. The highest BCUT2D eigenvalue weighted by atomic mass is 16.5. The first kappa shape index (κ1) is 21.1. The van der Waals surface area contributed by atoms with Gasteiger partial charge in [0.2, 0.25) is 0 Å². The van der Waals surface area contributed by atoms with Crippen LogP contribution in [0.5, 0.6) is 0 Å². The van der Waals surface area contributed by atoms with Crippen molar-refractivity contribution >= 4 is 11.9 Å². The molecule has 0 fully saturated rings. The van der Waals surface area contributed by atoms with Gasteiger partial charge in [0.15, 0.2) is 0 Å². The molecule has 0 aromatic heterocycles. The Morgan fingerprint density at radius 1 is 0.531 bits per heavy atom. The molecular weight excluding hydrogens is 400 g/mol. The van der Waals surface area contributed by atoms with Gasteiger partial charge < -0.3 is 9.47 Å². The van der Waals surface area contributed by atoms with E-state index >= 15 is 0 Å². The first-order valence-corrected chi connectivity index (χ1v) is 10.2. The molecule has 0 aliphatic rings. The van der Waals surface area contributed by atoms with Crippen LogP contribution < -0.4 is 0 Å². The van der Waals surface area contributed by atoms with Crippen molar-refractivity contribution < 1.29 is 19.1 Å². The Morgan fingerprint density at radius 2 is 1.03 bits per heavy atom. The third kappa shape index (κ3) is 4.03. The number of carbonyl (C=O) groups excluding carboxylic acids is 2. The Labute approximate surface area is 187 Å². The van der Waals surface area contributed by atoms with Crippen LogP contribution in [0.3, 0.4) is 0 Å². The highest BCUT2D eigenvalue weighted by Gasteiger charge is 2.20. The molecule has 0 amide bonds. The zero-order valence-electron chi connectivity index (χ0n) is 17.9. The van der Waals surface area contributed by atoms with Crippen LogP contribution in [0.1, 0.15) is 20.7 Å². The monoisotopic (exact) mass is 422 g/mol. The topological polar surface area (TPSA) is 52.6 Å². The van der Waals surface area contributed by atoms with Crippen LogP contribution in [0.2, 0.25) is 0 Å². The number of benzene rings is 4. The van der Waals surface area contributed by atoms with Crippen LogP contribution in [-0.4, -0.2) is 26.2 Å². The van der Waals surface area contributed by atoms with Crippen molar-refractivity contribution in [3.63, 3.8) is 0 Å². The van der Waals surface area contributed by atoms with Crippen molar-refractivity contribution in [1.82, 2.24) is 0 Å². The molecule has 0 N–H and O–H groups in total. The Morgan fingerprint density at radius 3 is 1.62 bits per heavy atom. The molecule has 0 aliphatic carbocycles. The predicted molar refractivity (Wildman–Crippen MR) is 125 cm³/mol. The summed E-state index contributed by atoms with van der Waals surface area (Å²) >= 11 is 0. The molecule has 158 valence electrons. The van der Waals surface area contributed by atoms with Gasteiger partial charge in [0.25, 0.3) is 0 Å². The van der Waals surface area contributed by atoms with Gasteiger partial charge in [-0.25, -0.2) is 9.59 Å². The van der Waals surface area contributed by atoms with Gasteiger partial charge in [0, 0.05) is 0 Å². The summed E-state index contributed by atoms with van der Waals surface area (Å²) in [5.74, 6) is -1.03. The van der Waals surface area contributed by atoms with Gasteiger partial charge in [-0.05, 0) is 45.5 Å². The Bertz CT molecular complexity index is 1280. The second kappa shape index (κ2) is 9.31. The van der Waals surface area contributed by atoms with Gasteiger partial charge in [-0.2, -0.15) is 0 Å². The van der Waals surface area contributed by atoms with E-state index in [0.29, 0.717) is 16.7 Å². The zero-order chi connectivity index (χ0) is 22.5. The smallest absolute Gasteiger partial charge is 0.338 e. The Hall–Kier alpha value is -4.18. The molecule has 0 aliphatic heterocycles. The fourth-order valence-electron chi connectivity index (χ4n) is 3.84. The minimum Gasteiger partial charge on any atom is -0.465 e. The molecule has 4 heteroatoms. The van der Waals surface area contributed by atoms with E-state index < -0.39 is 11.9 Å². The van der Waals surface area contributed by atoms with E-state index in [1.165, 1.54) is 20.3 Å². The van der Waals surface area contributed by atoms with E-state index in [9.17, 15) is 9.59 Å². The SMILES string of the molecule is COC(=O)c1ccc(-c2ccccc2-c2ccccc2-c2ccccc2)c(C(=O)OC)c1. The number of methoxy groups -OCH3 is 2. The molecule has 32 heavy (non-hydrogen) atoms. The third-order valence-electron chi connectivity index (χ3n) is 5.37. The molecule has 0 saturated heterocycles. The van der Waals surface area contributed by atoms with Crippen LogP contribution in [0.4, 0.5) is 0 Å². The molecule has 0 unspecified atom stereocenters. The molecule has 0 spiro atoms. The maximum atomic E-state index is 12.6. The lowest BCUT2D eigenvalue weighted by molar-refractivity contribution is 0.0600. The summed E-state index contributed by atoms with van der Waals surface area (Å²) in [6.45, 7) is 0. The minimum absolute atomic E-state index is 0.291. The standard InChI is InChI=1S/C28H22O4/c1-31-27(29)20-16-17-25(26(18-20)28(30)32-2)24-15-9-8-14-23(24)22-13-7-6-12-21(22)19-10-4-3-5-11-19/h3-18H,1-2H3. The quantitative estimate of drug-likeness (QED) is 0.356. The normalized spacial score (nSPS) is 10.4. The lowest BCUT2D eigenvalue weighted by atomic mass is 9.87. The summed E-state index contributed by atoms with van der Waals surface area (Å²) < 4.78 is 9.83. The van der Waals surface area contributed by atoms with Crippen LogP contribution in [0.15, 0.2) is 97.1 Å². The molecule has 0 heterocycles. The zero-order valence-corrected chi connectivity index (χ0v) is 17.9. The molecule has 0 radical (unpaired) electrons. The summed E-state index contributed by atoms with van der Waals surface area (Å²) in [6.07, 6.45) is 0. The number of esters is 2. The van der Waals surface area contributed by atoms with Crippen LogP contribution in [-0.2, 0) is 9.47 Å². The van der Waals surface area contributed by atoms with Crippen LogP contribution in [0.25, 0.3) is 33.4 Å². The van der Waals surface area contributed by atoms with E-state index in [-0.39, 0.29) is 0 Å². The van der Waals surface area contributed by atoms with Gasteiger partial charge in [0.05, 0.1) is 25.3 Å². The average Bonchev–Trinajstić information content (AvgIpc) is 2.88. The van der Waals surface area contributed by atoms with Crippen molar-refractivity contribution in [3.05, 3.63) is 108 Å². The van der Waals surface area contributed by atoms with Gasteiger partial charge in [-0.3, -0.25) is 0 Å². The molecule has 0 bridgehead atoms. The number of ether oxygens (including phenoxy) is 2. The fraction of sp³-hybridized carbons (Fsp3) is 0.0714. The lowest BCUT2D eigenvalue weighted by Crippen LogP contribution is -2.08. The maximum absolute atomic E-state index is 12.6. The van der Waals surface area contributed by atoms with Crippen LogP contribution in [0, 0.1) is 0 Å². The third-order valence-corrected chi connectivity index (χ3v) is 5.37. The molecule has 4 nitrogen and oxygen atoms in total. The first-order chi connectivity index (χ1) is 15.6. The summed E-state index contributed by atoms with van der Waals surface area (Å²) in [5, 5.41) is 0. The second-order valence-corrected chi connectivity index (χ2v) is 7.20. The predicted octanol–water partition coefficient (Wildman–Crippen LogP) is 6.26. The minimum atomic E-state index is -0.517. The van der Waals surface area contributed by atoms with Gasteiger partial charge in [-0.15, -0.1) is 0 Å². The summed E-state index contributed by atoms with van der Waals surface area (Å²) in [6, 6.07) is 31.2. The van der Waals surface area contributed by atoms with Crippen molar-refractivity contribution in [1.29, 1.82) is 0 Å². The summed E-state index contributed by atoms with van der Waals surface area (Å²) in [7, 11) is 2.64. The Kier molecular flexibility index (Phi) is 6.13. The first-order valence-electron chi connectivity index (χ1n) is 10.2. The van der Waals surface area contributed by atoms with E-state index in [1.54, 1.807) is 12.1 Å². The number of rotatable bonds is 5. The van der Waals surface area contributed by atoms with Crippen LogP contribution >= 0.6 is 0 Å². The average molecular weight is 422 g/mol. The van der Waals surface area contributed by atoms with Crippen molar-refractivity contribution in [2.45, 2.75) is 0 Å². The van der Waals surface area contributed by atoms with Gasteiger partial charge >= 0.3 is 11.9 Å².